The van der Waals surface area contributed by atoms with Gasteiger partial charge in [0, 0.05) is 18.9 Å². The molecule has 0 unspecified atom stereocenters. The summed E-state index contributed by atoms with van der Waals surface area (Å²) in [6.45, 7) is 2.54. The van der Waals surface area contributed by atoms with Crippen LogP contribution in [-0.2, 0) is 6.54 Å². The number of H-pyrrole nitrogens is 1. The normalized spacial score (nSPS) is 10.1. The van der Waals surface area contributed by atoms with Crippen molar-refractivity contribution in [3.63, 3.8) is 0 Å². The first-order valence-corrected chi connectivity index (χ1v) is 5.47. The Morgan fingerprint density at radius 2 is 2.33 bits per heavy atom. The van der Waals surface area contributed by atoms with E-state index in [9.17, 15) is 4.79 Å². The predicted octanol–water partition coefficient (Wildman–Crippen LogP) is 1.09. The van der Waals surface area contributed by atoms with E-state index >= 15 is 0 Å². The van der Waals surface area contributed by atoms with Crippen LogP contribution in [0.2, 0.25) is 0 Å². The molecule has 0 aliphatic carbocycles. The molecule has 94 valence electrons. The Kier molecular flexibility index (Phi) is 3.57. The number of nitrogens with zero attached hydrogens (tertiary/aromatic N) is 2. The van der Waals surface area contributed by atoms with E-state index in [1.54, 1.807) is 12.4 Å². The third-order valence-corrected chi connectivity index (χ3v) is 2.61. The number of aromatic amines is 1. The highest BCUT2D eigenvalue weighted by Crippen LogP contribution is 2.16. The molecule has 0 radical (unpaired) electrons. The van der Waals surface area contributed by atoms with Crippen LogP contribution in [0.15, 0.2) is 29.6 Å². The van der Waals surface area contributed by atoms with E-state index in [2.05, 4.69) is 20.3 Å². The first kappa shape index (κ1) is 12.1. The molecule has 0 saturated carbocycles. The van der Waals surface area contributed by atoms with Gasteiger partial charge in [-0.3, -0.25) is 9.78 Å². The molecule has 2 heterocycles. The second-order valence-corrected chi connectivity index (χ2v) is 3.77. The molecule has 2 N–H and O–H groups in total. The molecule has 18 heavy (non-hydrogen) atoms. The summed E-state index contributed by atoms with van der Waals surface area (Å²) in [6, 6.07) is 1.93. The molecule has 0 bridgehead atoms. The van der Waals surface area contributed by atoms with E-state index in [1.807, 2.05) is 13.0 Å². The zero-order valence-corrected chi connectivity index (χ0v) is 10.2. The SMILES string of the molecule is COc1c(NCc2cnccc2C)nc[nH]c1=O. The molecular weight excluding hydrogens is 232 g/mol. The number of methoxy groups -OCH3 is 1. The lowest BCUT2D eigenvalue weighted by Gasteiger charge is -2.09. The van der Waals surface area contributed by atoms with Gasteiger partial charge in [0.05, 0.1) is 13.4 Å². The molecule has 0 aliphatic heterocycles. The summed E-state index contributed by atoms with van der Waals surface area (Å²) in [7, 11) is 1.44. The maximum atomic E-state index is 11.5. The minimum Gasteiger partial charge on any atom is -0.489 e. The quantitative estimate of drug-likeness (QED) is 0.844. The molecule has 0 spiro atoms. The molecule has 2 aromatic rings. The summed E-state index contributed by atoms with van der Waals surface area (Å²) in [4.78, 5) is 22.0. The number of ether oxygens (including phenoxy) is 1. The number of pyridine rings is 1. The fourth-order valence-electron chi connectivity index (χ4n) is 1.56. The van der Waals surface area contributed by atoms with E-state index in [-0.39, 0.29) is 11.3 Å². The third kappa shape index (κ3) is 2.48. The van der Waals surface area contributed by atoms with Crippen LogP contribution in [0.25, 0.3) is 0 Å². The molecule has 2 rings (SSSR count). The molecule has 6 heteroatoms. The maximum Gasteiger partial charge on any atom is 0.295 e. The fraction of sp³-hybridized carbons (Fsp3) is 0.250. The van der Waals surface area contributed by atoms with Crippen molar-refractivity contribution in [1.82, 2.24) is 15.0 Å². The topological polar surface area (TPSA) is 79.9 Å². The molecule has 0 fully saturated rings. The Balaban J connectivity index is 2.19. The van der Waals surface area contributed by atoms with Gasteiger partial charge in [0.25, 0.3) is 5.56 Å². The molecule has 6 nitrogen and oxygen atoms in total. The average molecular weight is 246 g/mol. The highest BCUT2D eigenvalue weighted by atomic mass is 16.5. The van der Waals surface area contributed by atoms with Gasteiger partial charge in [-0.2, -0.15) is 0 Å². The van der Waals surface area contributed by atoms with Crippen molar-refractivity contribution >= 4 is 5.82 Å². The molecule has 0 amide bonds. The zero-order chi connectivity index (χ0) is 13.0. The second-order valence-electron chi connectivity index (χ2n) is 3.77. The summed E-state index contributed by atoms with van der Waals surface area (Å²) in [6.07, 6.45) is 4.86. The van der Waals surface area contributed by atoms with Crippen molar-refractivity contribution in [3.05, 3.63) is 46.3 Å². The summed E-state index contributed by atoms with van der Waals surface area (Å²) in [5.74, 6) is 0.601. The zero-order valence-electron chi connectivity index (χ0n) is 10.2. The van der Waals surface area contributed by atoms with Crippen molar-refractivity contribution in [2.75, 3.05) is 12.4 Å². The lowest BCUT2D eigenvalue weighted by atomic mass is 10.1. The predicted molar refractivity (Wildman–Crippen MR) is 67.7 cm³/mol. The number of rotatable bonds is 4. The Morgan fingerprint density at radius 1 is 1.50 bits per heavy atom. The third-order valence-electron chi connectivity index (χ3n) is 2.61. The Bertz CT molecular complexity index is 595. The van der Waals surface area contributed by atoms with Crippen molar-refractivity contribution in [3.8, 4) is 5.75 Å². The van der Waals surface area contributed by atoms with Gasteiger partial charge in [0.15, 0.2) is 5.82 Å². The first-order valence-electron chi connectivity index (χ1n) is 5.47. The minimum atomic E-state index is -0.307. The fourth-order valence-corrected chi connectivity index (χ4v) is 1.56. The molecule has 0 saturated heterocycles. The van der Waals surface area contributed by atoms with E-state index in [1.165, 1.54) is 13.4 Å². The summed E-state index contributed by atoms with van der Waals surface area (Å²) in [5, 5.41) is 3.07. The van der Waals surface area contributed by atoms with Gasteiger partial charge in [0.1, 0.15) is 0 Å². The number of aromatic nitrogens is 3. The van der Waals surface area contributed by atoms with Gasteiger partial charge < -0.3 is 15.0 Å². The van der Waals surface area contributed by atoms with Gasteiger partial charge in [-0.05, 0) is 24.1 Å². The van der Waals surface area contributed by atoms with Crippen molar-refractivity contribution in [2.24, 2.45) is 0 Å². The minimum absolute atomic E-state index is 0.180. The van der Waals surface area contributed by atoms with Crippen LogP contribution >= 0.6 is 0 Å². The van der Waals surface area contributed by atoms with E-state index in [0.717, 1.165) is 11.1 Å². The van der Waals surface area contributed by atoms with Crippen molar-refractivity contribution < 1.29 is 4.74 Å². The Labute approximate surface area is 104 Å². The van der Waals surface area contributed by atoms with Gasteiger partial charge in [0.2, 0.25) is 5.75 Å². The number of anilines is 1. The second kappa shape index (κ2) is 5.31. The molecular formula is C12H14N4O2. The van der Waals surface area contributed by atoms with Crippen molar-refractivity contribution in [2.45, 2.75) is 13.5 Å². The Hall–Kier alpha value is -2.37. The van der Waals surface area contributed by atoms with E-state index in [0.29, 0.717) is 12.4 Å². The van der Waals surface area contributed by atoms with Crippen molar-refractivity contribution in [1.29, 1.82) is 0 Å². The number of hydrogen-bond acceptors (Lipinski definition) is 5. The maximum absolute atomic E-state index is 11.5. The number of aryl methyl sites for hydroxylation is 1. The molecule has 2 aromatic heterocycles. The molecule has 0 atom stereocenters. The van der Waals surface area contributed by atoms with E-state index < -0.39 is 0 Å². The largest absolute Gasteiger partial charge is 0.489 e. The summed E-state index contributed by atoms with van der Waals surface area (Å²) >= 11 is 0. The van der Waals surface area contributed by atoms with Crippen LogP contribution in [0.1, 0.15) is 11.1 Å². The van der Waals surface area contributed by atoms with Gasteiger partial charge in [-0.15, -0.1) is 0 Å². The molecule has 0 aliphatic rings. The lowest BCUT2D eigenvalue weighted by molar-refractivity contribution is 0.408. The van der Waals surface area contributed by atoms with Crippen LogP contribution < -0.4 is 15.6 Å². The smallest absolute Gasteiger partial charge is 0.295 e. The van der Waals surface area contributed by atoms with Gasteiger partial charge in [-0.1, -0.05) is 0 Å². The number of hydrogen-bond donors (Lipinski definition) is 2. The standard InChI is InChI=1S/C12H14N4O2/c1-8-3-4-13-5-9(8)6-14-11-10(18-2)12(17)16-7-15-11/h3-5,7H,6H2,1-2H3,(H2,14,15,16,17). The molecule has 0 aromatic carbocycles. The average Bonchev–Trinajstić information content (AvgIpc) is 2.38. The van der Waals surface area contributed by atoms with Crippen LogP contribution in [-0.4, -0.2) is 22.1 Å². The highest BCUT2D eigenvalue weighted by molar-refractivity contribution is 5.48. The van der Waals surface area contributed by atoms with Gasteiger partial charge >= 0.3 is 0 Å². The van der Waals surface area contributed by atoms with E-state index in [4.69, 9.17) is 4.74 Å². The summed E-state index contributed by atoms with van der Waals surface area (Å²) < 4.78 is 5.01. The van der Waals surface area contributed by atoms with Crippen LogP contribution in [0.4, 0.5) is 5.82 Å². The van der Waals surface area contributed by atoms with Crippen LogP contribution in [0.3, 0.4) is 0 Å². The Morgan fingerprint density at radius 3 is 3.06 bits per heavy atom. The first-order chi connectivity index (χ1) is 8.72. The highest BCUT2D eigenvalue weighted by Gasteiger charge is 2.08. The summed E-state index contributed by atoms with van der Waals surface area (Å²) in [5.41, 5.74) is 1.86. The van der Waals surface area contributed by atoms with Crippen LogP contribution in [0, 0.1) is 6.92 Å². The van der Waals surface area contributed by atoms with Crippen LogP contribution in [0.5, 0.6) is 5.75 Å². The number of nitrogens with one attached hydrogen (secondary N) is 2. The van der Waals surface area contributed by atoms with Gasteiger partial charge in [-0.25, -0.2) is 4.98 Å². The monoisotopic (exact) mass is 246 g/mol. The lowest BCUT2D eigenvalue weighted by Crippen LogP contribution is -2.14.